The first-order valence-corrected chi connectivity index (χ1v) is 6.79. The maximum absolute atomic E-state index is 13.4. The molecule has 1 rings (SSSR count). The molecule has 0 aliphatic rings. The van der Waals surface area contributed by atoms with Crippen molar-refractivity contribution >= 4 is 0 Å². The normalized spacial score (nSPS) is 11.8. The third kappa shape index (κ3) is 6.64. The molecule has 0 atom stereocenters. The Balaban J connectivity index is 2.13. The molecule has 2 nitrogen and oxygen atoms in total. The summed E-state index contributed by atoms with van der Waals surface area (Å²) in [5, 5.41) is 6.64. The molecule has 19 heavy (non-hydrogen) atoms. The summed E-state index contributed by atoms with van der Waals surface area (Å²) in [5.41, 5.74) is 0.574. The van der Waals surface area contributed by atoms with Crippen molar-refractivity contribution in [2.24, 2.45) is 0 Å². The van der Waals surface area contributed by atoms with Crippen molar-refractivity contribution in [3.63, 3.8) is 0 Å². The van der Waals surface area contributed by atoms with Crippen LogP contribution in [-0.4, -0.2) is 25.2 Å². The molecule has 2 N–H and O–H groups in total. The van der Waals surface area contributed by atoms with E-state index in [9.17, 15) is 8.78 Å². The van der Waals surface area contributed by atoms with Crippen LogP contribution in [0.25, 0.3) is 0 Å². The van der Waals surface area contributed by atoms with Gasteiger partial charge < -0.3 is 10.6 Å². The lowest BCUT2D eigenvalue weighted by Gasteiger charge is -2.20. The molecule has 108 valence electrons. The minimum Gasteiger partial charge on any atom is -0.316 e. The highest BCUT2D eigenvalue weighted by molar-refractivity contribution is 5.19. The topological polar surface area (TPSA) is 24.1 Å². The summed E-state index contributed by atoms with van der Waals surface area (Å²) in [6.07, 6.45) is 1.53. The zero-order valence-electron chi connectivity index (χ0n) is 12.0. The van der Waals surface area contributed by atoms with Gasteiger partial charge in [0.2, 0.25) is 0 Å². The molecule has 0 aliphatic carbocycles. The van der Waals surface area contributed by atoms with E-state index in [1.807, 2.05) is 0 Å². The Morgan fingerprint density at radius 3 is 2.47 bits per heavy atom. The van der Waals surface area contributed by atoms with Crippen molar-refractivity contribution in [2.75, 3.05) is 19.6 Å². The molecule has 0 aromatic heterocycles. The van der Waals surface area contributed by atoms with E-state index in [0.717, 1.165) is 25.6 Å². The molecule has 1 aromatic rings. The van der Waals surface area contributed by atoms with Gasteiger partial charge in [0.1, 0.15) is 0 Å². The van der Waals surface area contributed by atoms with Gasteiger partial charge >= 0.3 is 0 Å². The summed E-state index contributed by atoms with van der Waals surface area (Å²) >= 11 is 0. The highest BCUT2D eigenvalue weighted by Gasteiger charge is 2.08. The quantitative estimate of drug-likeness (QED) is 0.744. The van der Waals surface area contributed by atoms with Gasteiger partial charge in [-0.25, -0.2) is 8.78 Å². The maximum atomic E-state index is 13.4. The van der Waals surface area contributed by atoms with E-state index in [1.54, 1.807) is 12.1 Å². The molecule has 0 saturated heterocycles. The summed E-state index contributed by atoms with van der Waals surface area (Å²) in [5.74, 6) is -1.49. The highest BCUT2D eigenvalue weighted by Crippen LogP contribution is 2.11. The van der Waals surface area contributed by atoms with Gasteiger partial charge in [-0.3, -0.25) is 0 Å². The molecule has 0 heterocycles. The molecule has 0 amide bonds. The Hall–Kier alpha value is -1.00. The zero-order chi connectivity index (χ0) is 14.3. The van der Waals surface area contributed by atoms with Gasteiger partial charge in [0.05, 0.1) is 0 Å². The van der Waals surface area contributed by atoms with Crippen LogP contribution in [0.4, 0.5) is 8.78 Å². The van der Waals surface area contributed by atoms with E-state index in [1.165, 1.54) is 0 Å². The van der Waals surface area contributed by atoms with Crippen molar-refractivity contribution in [1.29, 1.82) is 0 Å². The summed E-state index contributed by atoms with van der Waals surface area (Å²) < 4.78 is 26.3. The second-order valence-corrected chi connectivity index (χ2v) is 5.74. The number of hydrogen-bond acceptors (Lipinski definition) is 2. The lowest BCUT2D eigenvalue weighted by atomic mass is 10.1. The molecule has 0 bridgehead atoms. The molecular formula is C15H24F2N2. The molecule has 0 spiro atoms. The first kappa shape index (κ1) is 16.1. The Kier molecular flexibility index (Phi) is 6.38. The van der Waals surface area contributed by atoms with E-state index in [2.05, 4.69) is 31.4 Å². The Bertz CT molecular complexity index is 386. The first-order valence-electron chi connectivity index (χ1n) is 6.79. The van der Waals surface area contributed by atoms with Crippen LogP contribution < -0.4 is 10.6 Å². The minimum atomic E-state index is -0.771. The largest absolute Gasteiger partial charge is 0.316 e. The van der Waals surface area contributed by atoms with Crippen molar-refractivity contribution in [1.82, 2.24) is 10.6 Å². The highest BCUT2D eigenvalue weighted by atomic mass is 19.2. The van der Waals surface area contributed by atoms with Crippen molar-refractivity contribution in [2.45, 2.75) is 39.2 Å². The van der Waals surface area contributed by atoms with E-state index >= 15 is 0 Å². The molecular weight excluding hydrogens is 246 g/mol. The molecule has 1 aromatic carbocycles. The second kappa shape index (κ2) is 7.56. The third-order valence-electron chi connectivity index (χ3n) is 2.79. The van der Waals surface area contributed by atoms with Crippen molar-refractivity contribution in [3.05, 3.63) is 35.4 Å². The van der Waals surface area contributed by atoms with Crippen LogP contribution in [-0.2, 0) is 6.42 Å². The Morgan fingerprint density at radius 1 is 1.05 bits per heavy atom. The predicted octanol–water partition coefficient (Wildman–Crippen LogP) is 2.88. The summed E-state index contributed by atoms with van der Waals surface area (Å²) in [6, 6.07) is 4.31. The van der Waals surface area contributed by atoms with Crippen molar-refractivity contribution < 1.29 is 8.78 Å². The number of rotatable bonds is 7. The lowest BCUT2D eigenvalue weighted by molar-refractivity contribution is 0.418. The number of benzene rings is 1. The molecule has 0 fully saturated rings. The third-order valence-corrected chi connectivity index (χ3v) is 2.79. The van der Waals surface area contributed by atoms with Crippen LogP contribution in [0.3, 0.4) is 0 Å². The van der Waals surface area contributed by atoms with Gasteiger partial charge in [-0.2, -0.15) is 0 Å². The summed E-state index contributed by atoms with van der Waals surface area (Å²) in [4.78, 5) is 0. The maximum Gasteiger partial charge on any atom is 0.162 e. The fraction of sp³-hybridized carbons (Fsp3) is 0.600. The van der Waals surface area contributed by atoms with Crippen LogP contribution in [0.15, 0.2) is 18.2 Å². The van der Waals surface area contributed by atoms with Crippen molar-refractivity contribution in [3.8, 4) is 0 Å². The van der Waals surface area contributed by atoms with E-state index in [4.69, 9.17) is 0 Å². The molecule has 0 unspecified atom stereocenters. The second-order valence-electron chi connectivity index (χ2n) is 5.74. The van der Waals surface area contributed by atoms with Gasteiger partial charge in [0.15, 0.2) is 11.6 Å². The fourth-order valence-corrected chi connectivity index (χ4v) is 1.77. The molecule has 4 heteroatoms. The molecule has 0 aliphatic heterocycles. The van der Waals surface area contributed by atoms with Crippen LogP contribution in [0.5, 0.6) is 0 Å². The van der Waals surface area contributed by atoms with E-state index < -0.39 is 11.6 Å². The Morgan fingerprint density at radius 2 is 1.79 bits per heavy atom. The Labute approximate surface area is 114 Å². The monoisotopic (exact) mass is 270 g/mol. The summed E-state index contributed by atoms with van der Waals surface area (Å²) in [6.45, 7) is 8.88. The number of nitrogens with one attached hydrogen (secondary N) is 2. The fourth-order valence-electron chi connectivity index (χ4n) is 1.77. The average molecular weight is 270 g/mol. The van der Waals surface area contributed by atoms with Gasteiger partial charge in [0.25, 0.3) is 0 Å². The molecule has 0 radical (unpaired) electrons. The first-order chi connectivity index (χ1) is 8.90. The standard InChI is InChI=1S/C15H24F2N2/c1-15(2,3)19-10-5-9-18-11-8-12-6-4-7-13(16)14(12)17/h4,6-7,18-19H,5,8-11H2,1-3H3. The van der Waals surface area contributed by atoms with E-state index in [-0.39, 0.29) is 5.54 Å². The predicted molar refractivity (Wildman–Crippen MR) is 75.3 cm³/mol. The van der Waals surface area contributed by atoms with Crippen LogP contribution in [0.2, 0.25) is 0 Å². The van der Waals surface area contributed by atoms with Crippen LogP contribution in [0.1, 0.15) is 32.8 Å². The molecule has 0 saturated carbocycles. The number of hydrogen-bond donors (Lipinski definition) is 2. The van der Waals surface area contributed by atoms with Gasteiger partial charge in [-0.15, -0.1) is 0 Å². The number of halogens is 2. The summed E-state index contributed by atoms with van der Waals surface area (Å²) in [7, 11) is 0. The SMILES string of the molecule is CC(C)(C)NCCCNCCc1cccc(F)c1F. The smallest absolute Gasteiger partial charge is 0.162 e. The zero-order valence-corrected chi connectivity index (χ0v) is 12.0. The van der Waals surface area contributed by atoms with Crippen LogP contribution >= 0.6 is 0 Å². The van der Waals surface area contributed by atoms with Gasteiger partial charge in [0, 0.05) is 5.54 Å². The van der Waals surface area contributed by atoms with Gasteiger partial charge in [-0.1, -0.05) is 12.1 Å². The van der Waals surface area contributed by atoms with Crippen LogP contribution in [0, 0.1) is 11.6 Å². The average Bonchev–Trinajstić information content (AvgIpc) is 2.31. The van der Waals surface area contributed by atoms with E-state index in [0.29, 0.717) is 18.5 Å². The minimum absolute atomic E-state index is 0.144. The van der Waals surface area contributed by atoms with Gasteiger partial charge in [-0.05, 0) is 64.9 Å². The lowest BCUT2D eigenvalue weighted by Crippen LogP contribution is -2.37.